The van der Waals surface area contributed by atoms with Crippen molar-refractivity contribution in [1.82, 2.24) is 4.90 Å². The van der Waals surface area contributed by atoms with Crippen molar-refractivity contribution in [2.24, 2.45) is 0 Å². The molecule has 29 heavy (non-hydrogen) atoms. The number of furan rings is 1. The largest absolute Gasteiger partial charge is 0.497 e. The van der Waals surface area contributed by atoms with Crippen molar-refractivity contribution in [2.45, 2.75) is 12.6 Å². The molecular formula is C23H17NO5. The molecule has 0 aliphatic carbocycles. The molecule has 0 N–H and O–H groups in total. The lowest BCUT2D eigenvalue weighted by atomic mass is 9.98. The maximum Gasteiger partial charge on any atom is 0.291 e. The van der Waals surface area contributed by atoms with Gasteiger partial charge in [-0.05, 0) is 42.0 Å². The van der Waals surface area contributed by atoms with E-state index in [2.05, 4.69) is 0 Å². The molecule has 2 aromatic carbocycles. The van der Waals surface area contributed by atoms with E-state index in [1.165, 1.54) is 0 Å². The van der Waals surface area contributed by atoms with Gasteiger partial charge in [0, 0.05) is 0 Å². The third-order valence-corrected chi connectivity index (χ3v) is 5.21. The molecular weight excluding hydrogens is 370 g/mol. The summed E-state index contributed by atoms with van der Waals surface area (Å²) in [6, 6.07) is 17.3. The zero-order valence-electron chi connectivity index (χ0n) is 15.6. The number of carbonyl (C=O) groups is 1. The molecule has 5 rings (SSSR count). The van der Waals surface area contributed by atoms with E-state index in [0.717, 1.165) is 5.56 Å². The lowest BCUT2D eigenvalue weighted by Crippen LogP contribution is -2.29. The Labute approximate surface area is 165 Å². The van der Waals surface area contributed by atoms with Crippen LogP contribution in [0.25, 0.3) is 11.0 Å². The van der Waals surface area contributed by atoms with Gasteiger partial charge < -0.3 is 18.5 Å². The molecule has 3 heterocycles. The number of ether oxygens (including phenoxy) is 1. The summed E-state index contributed by atoms with van der Waals surface area (Å²) in [5.74, 6) is 1.07. The molecule has 0 bridgehead atoms. The average molecular weight is 387 g/mol. The van der Waals surface area contributed by atoms with E-state index >= 15 is 0 Å². The van der Waals surface area contributed by atoms with Crippen LogP contribution in [0.5, 0.6) is 5.75 Å². The Hall–Kier alpha value is -3.80. The van der Waals surface area contributed by atoms with Gasteiger partial charge in [0.25, 0.3) is 5.91 Å². The van der Waals surface area contributed by atoms with Crippen LogP contribution < -0.4 is 10.2 Å². The molecule has 1 unspecified atom stereocenters. The number of hydrogen-bond donors (Lipinski definition) is 0. The van der Waals surface area contributed by atoms with Crippen molar-refractivity contribution in [2.75, 3.05) is 7.11 Å². The molecule has 4 aromatic rings. The maximum atomic E-state index is 13.3. The van der Waals surface area contributed by atoms with Gasteiger partial charge in [0.2, 0.25) is 5.76 Å². The van der Waals surface area contributed by atoms with Crippen molar-refractivity contribution < 1.29 is 18.4 Å². The number of methoxy groups -OCH3 is 1. The topological polar surface area (TPSA) is 72.9 Å². The van der Waals surface area contributed by atoms with Crippen LogP contribution in [-0.4, -0.2) is 17.9 Å². The van der Waals surface area contributed by atoms with Crippen LogP contribution in [0.3, 0.4) is 0 Å². The predicted octanol–water partition coefficient (Wildman–Crippen LogP) is 4.14. The van der Waals surface area contributed by atoms with Crippen LogP contribution in [0.2, 0.25) is 0 Å². The number of para-hydroxylation sites is 1. The molecule has 0 spiro atoms. The number of nitrogens with zero attached hydrogens (tertiary/aromatic N) is 1. The second-order valence-corrected chi connectivity index (χ2v) is 6.86. The molecule has 1 aliphatic heterocycles. The Balaban J connectivity index is 1.72. The van der Waals surface area contributed by atoms with Gasteiger partial charge in [0.05, 0.1) is 36.9 Å². The van der Waals surface area contributed by atoms with Crippen molar-refractivity contribution >= 4 is 16.9 Å². The number of amides is 1. The Morgan fingerprint density at radius 1 is 1.00 bits per heavy atom. The lowest BCUT2D eigenvalue weighted by molar-refractivity contribution is 0.0701. The molecule has 0 fully saturated rings. The van der Waals surface area contributed by atoms with Gasteiger partial charge in [-0.15, -0.1) is 0 Å². The first-order chi connectivity index (χ1) is 14.2. The van der Waals surface area contributed by atoms with Gasteiger partial charge in [-0.1, -0.05) is 24.3 Å². The number of rotatable bonds is 4. The Morgan fingerprint density at radius 3 is 2.52 bits per heavy atom. The van der Waals surface area contributed by atoms with Gasteiger partial charge in [-0.3, -0.25) is 9.59 Å². The highest BCUT2D eigenvalue weighted by Gasteiger charge is 2.43. The minimum absolute atomic E-state index is 0.0843. The first kappa shape index (κ1) is 17.3. The lowest BCUT2D eigenvalue weighted by Gasteiger charge is -2.24. The quantitative estimate of drug-likeness (QED) is 0.526. The monoisotopic (exact) mass is 387 g/mol. The molecule has 0 saturated carbocycles. The molecule has 1 amide bonds. The van der Waals surface area contributed by atoms with E-state index in [4.69, 9.17) is 13.6 Å². The molecule has 6 nitrogen and oxygen atoms in total. The summed E-state index contributed by atoms with van der Waals surface area (Å²) in [6.07, 6.45) is 1.56. The highest BCUT2D eigenvalue weighted by molar-refractivity contribution is 5.99. The molecule has 0 radical (unpaired) electrons. The zero-order chi connectivity index (χ0) is 20.0. The van der Waals surface area contributed by atoms with E-state index in [-0.39, 0.29) is 23.6 Å². The van der Waals surface area contributed by atoms with E-state index in [0.29, 0.717) is 28.0 Å². The van der Waals surface area contributed by atoms with Crippen molar-refractivity contribution in [1.29, 1.82) is 0 Å². The van der Waals surface area contributed by atoms with Gasteiger partial charge >= 0.3 is 0 Å². The van der Waals surface area contributed by atoms with Gasteiger partial charge in [0.1, 0.15) is 17.1 Å². The summed E-state index contributed by atoms with van der Waals surface area (Å²) in [5, 5.41) is 0.456. The summed E-state index contributed by atoms with van der Waals surface area (Å²) in [4.78, 5) is 28.2. The summed E-state index contributed by atoms with van der Waals surface area (Å²) < 4.78 is 16.6. The van der Waals surface area contributed by atoms with Crippen LogP contribution in [0.15, 0.2) is 80.6 Å². The summed E-state index contributed by atoms with van der Waals surface area (Å²) >= 11 is 0. The van der Waals surface area contributed by atoms with E-state index in [1.54, 1.807) is 54.7 Å². The first-order valence-electron chi connectivity index (χ1n) is 9.20. The molecule has 144 valence electrons. The van der Waals surface area contributed by atoms with Gasteiger partial charge in [-0.2, -0.15) is 0 Å². The second-order valence-electron chi connectivity index (χ2n) is 6.86. The Bertz CT molecular complexity index is 1250. The molecule has 0 saturated heterocycles. The predicted molar refractivity (Wildman–Crippen MR) is 106 cm³/mol. The Morgan fingerprint density at radius 2 is 1.79 bits per heavy atom. The molecule has 1 atom stereocenters. The van der Waals surface area contributed by atoms with Crippen molar-refractivity contribution in [3.05, 3.63) is 99.8 Å². The zero-order valence-corrected chi connectivity index (χ0v) is 15.6. The van der Waals surface area contributed by atoms with Crippen LogP contribution in [0, 0.1) is 0 Å². The van der Waals surface area contributed by atoms with Crippen LogP contribution in [0.1, 0.15) is 33.5 Å². The minimum Gasteiger partial charge on any atom is -0.497 e. The van der Waals surface area contributed by atoms with Crippen molar-refractivity contribution in [3.63, 3.8) is 0 Å². The maximum absolute atomic E-state index is 13.3. The normalized spacial score (nSPS) is 15.7. The number of benzene rings is 2. The number of fused-ring (bicyclic) bond motifs is 2. The fourth-order valence-corrected chi connectivity index (χ4v) is 3.83. The third kappa shape index (κ3) is 2.72. The highest BCUT2D eigenvalue weighted by Crippen LogP contribution is 2.39. The molecule has 1 aliphatic rings. The van der Waals surface area contributed by atoms with Gasteiger partial charge in [0.15, 0.2) is 5.43 Å². The van der Waals surface area contributed by atoms with Crippen LogP contribution >= 0.6 is 0 Å². The minimum atomic E-state index is -0.575. The third-order valence-electron chi connectivity index (χ3n) is 5.21. The Kier molecular flexibility index (Phi) is 3.98. The fourth-order valence-electron chi connectivity index (χ4n) is 3.83. The highest BCUT2D eigenvalue weighted by atomic mass is 16.5. The number of carbonyl (C=O) groups excluding carboxylic acids is 1. The second kappa shape index (κ2) is 6.67. The first-order valence-corrected chi connectivity index (χ1v) is 9.20. The van der Waals surface area contributed by atoms with E-state index in [9.17, 15) is 9.59 Å². The standard InChI is InChI=1S/C23H17NO5/c1-27-15-10-8-14(9-11-15)20-19-21(25)17-6-2-3-7-18(17)29-22(19)23(26)24(20)13-16-5-4-12-28-16/h2-12,20H,13H2,1H3. The summed E-state index contributed by atoms with van der Waals surface area (Å²) in [7, 11) is 1.59. The van der Waals surface area contributed by atoms with Crippen LogP contribution in [0.4, 0.5) is 0 Å². The summed E-state index contributed by atoms with van der Waals surface area (Å²) in [6.45, 7) is 0.225. The number of hydrogen-bond acceptors (Lipinski definition) is 5. The van der Waals surface area contributed by atoms with Crippen LogP contribution in [-0.2, 0) is 6.54 Å². The van der Waals surface area contributed by atoms with Crippen molar-refractivity contribution in [3.8, 4) is 5.75 Å². The SMILES string of the molecule is COc1ccc(C2c3c(oc4ccccc4c3=O)C(=O)N2Cc2ccco2)cc1. The summed E-state index contributed by atoms with van der Waals surface area (Å²) in [5.41, 5.74) is 1.35. The molecule has 2 aromatic heterocycles. The van der Waals surface area contributed by atoms with E-state index in [1.807, 2.05) is 24.3 Å². The fraction of sp³-hybridized carbons (Fsp3) is 0.130. The van der Waals surface area contributed by atoms with Gasteiger partial charge in [-0.25, -0.2) is 0 Å². The smallest absolute Gasteiger partial charge is 0.291 e. The molecule has 6 heteroatoms. The average Bonchev–Trinajstić information content (AvgIpc) is 3.36. The van der Waals surface area contributed by atoms with E-state index < -0.39 is 6.04 Å².